The Hall–Kier alpha value is -0.603. The number of fused-ring (bicyclic) bond motifs is 2. The maximum Gasteiger partial charge on any atom is 0.184 e. The maximum absolute atomic E-state index is 6.35. The minimum Gasteiger partial charge on any atom is -0.419 e. The van der Waals surface area contributed by atoms with Crippen molar-refractivity contribution in [2.45, 2.75) is 50.1 Å². The molecule has 2 heteroatoms. The molecule has 2 bridgehead atoms. The van der Waals surface area contributed by atoms with Crippen molar-refractivity contribution in [3.05, 3.63) is 35.9 Å². The predicted molar refractivity (Wildman–Crippen MR) is 85.3 cm³/mol. The molecule has 0 N–H and O–H groups in total. The van der Waals surface area contributed by atoms with E-state index < -0.39 is 9.04 Å². The van der Waals surface area contributed by atoms with Gasteiger partial charge in [-0.1, -0.05) is 43.2 Å². The Labute approximate surface area is 124 Å². The number of rotatable bonds is 3. The summed E-state index contributed by atoms with van der Waals surface area (Å²) in [5.74, 6) is 3.02. The molecule has 20 heavy (non-hydrogen) atoms. The van der Waals surface area contributed by atoms with Crippen molar-refractivity contribution in [1.82, 2.24) is 0 Å². The molecule has 0 spiro atoms. The van der Waals surface area contributed by atoms with Crippen LogP contribution < -0.4 is 0 Å². The van der Waals surface area contributed by atoms with E-state index in [2.05, 4.69) is 30.3 Å². The van der Waals surface area contributed by atoms with Crippen molar-refractivity contribution in [3.8, 4) is 0 Å². The average molecular weight is 286 g/mol. The van der Waals surface area contributed by atoms with Gasteiger partial charge >= 0.3 is 0 Å². The number of benzene rings is 1. The summed E-state index contributed by atoms with van der Waals surface area (Å²) in [4.78, 5) is 0. The van der Waals surface area contributed by atoms with E-state index in [0.29, 0.717) is 0 Å². The Morgan fingerprint density at radius 2 is 1.95 bits per heavy atom. The van der Waals surface area contributed by atoms with Gasteiger partial charge in [-0.2, -0.15) is 0 Å². The first-order valence-electron chi connectivity index (χ1n) is 8.58. The Bertz CT molecular complexity index is 440. The monoisotopic (exact) mass is 286 g/mol. The van der Waals surface area contributed by atoms with Crippen LogP contribution in [0.15, 0.2) is 30.3 Å². The molecule has 4 rings (SSSR count). The van der Waals surface area contributed by atoms with Gasteiger partial charge in [0, 0.05) is 12.1 Å². The van der Waals surface area contributed by atoms with Gasteiger partial charge in [-0.25, -0.2) is 0 Å². The third kappa shape index (κ3) is 2.37. The van der Waals surface area contributed by atoms with Crippen LogP contribution in [0.1, 0.15) is 49.6 Å². The Morgan fingerprint density at radius 1 is 1.05 bits per heavy atom. The van der Waals surface area contributed by atoms with Crippen LogP contribution in [0.2, 0.25) is 6.04 Å². The highest BCUT2D eigenvalue weighted by Gasteiger charge is 2.46. The first kappa shape index (κ1) is 13.1. The van der Waals surface area contributed by atoms with E-state index in [1.54, 1.807) is 5.56 Å². The lowest BCUT2D eigenvalue weighted by atomic mass is 9.83. The molecule has 2 aliphatic carbocycles. The van der Waals surface area contributed by atoms with Crippen LogP contribution in [-0.4, -0.2) is 15.6 Å². The third-order valence-electron chi connectivity index (χ3n) is 6.05. The lowest BCUT2D eigenvalue weighted by Gasteiger charge is -2.37. The molecule has 3 fully saturated rings. The zero-order valence-corrected chi connectivity index (χ0v) is 13.5. The molecule has 108 valence electrons. The van der Waals surface area contributed by atoms with Gasteiger partial charge in [-0.3, -0.25) is 0 Å². The number of hydrogen-bond acceptors (Lipinski definition) is 1. The minimum absolute atomic E-state index is 0.798. The summed E-state index contributed by atoms with van der Waals surface area (Å²) in [7, 11) is -1.05. The van der Waals surface area contributed by atoms with E-state index in [-0.39, 0.29) is 0 Å². The topological polar surface area (TPSA) is 9.23 Å². The highest BCUT2D eigenvalue weighted by Crippen LogP contribution is 2.54. The first-order chi connectivity index (χ1) is 9.92. The van der Waals surface area contributed by atoms with Crippen LogP contribution in [0, 0.1) is 17.8 Å². The second-order valence-corrected chi connectivity index (χ2v) is 9.89. The fourth-order valence-electron chi connectivity index (χ4n) is 5.20. The summed E-state index contributed by atoms with van der Waals surface area (Å²) >= 11 is 0. The third-order valence-corrected chi connectivity index (χ3v) is 9.38. The highest BCUT2D eigenvalue weighted by atomic mass is 28.3. The van der Waals surface area contributed by atoms with E-state index >= 15 is 0 Å². The van der Waals surface area contributed by atoms with Gasteiger partial charge in [0.1, 0.15) is 0 Å². The minimum atomic E-state index is -1.05. The molecule has 2 saturated carbocycles. The van der Waals surface area contributed by atoms with Crippen LogP contribution in [0.25, 0.3) is 0 Å². The van der Waals surface area contributed by atoms with Gasteiger partial charge in [-0.05, 0) is 55.0 Å². The average Bonchev–Trinajstić information content (AvgIpc) is 3.13. The van der Waals surface area contributed by atoms with E-state index in [1.165, 1.54) is 44.6 Å². The number of hydrogen-bond donors (Lipinski definition) is 0. The summed E-state index contributed by atoms with van der Waals surface area (Å²) in [6.07, 6.45) is 8.74. The summed E-state index contributed by atoms with van der Waals surface area (Å²) in [5, 5.41) is 0. The smallest absolute Gasteiger partial charge is 0.184 e. The van der Waals surface area contributed by atoms with Crippen molar-refractivity contribution >= 4 is 9.04 Å². The fraction of sp³-hybridized carbons (Fsp3) is 0.667. The molecule has 5 unspecified atom stereocenters. The largest absolute Gasteiger partial charge is 0.419 e. The normalized spacial score (nSPS) is 38.0. The second kappa shape index (κ2) is 5.65. The van der Waals surface area contributed by atoms with Crippen LogP contribution in [0.5, 0.6) is 0 Å². The lowest BCUT2D eigenvalue weighted by molar-refractivity contribution is 0.248. The molecule has 1 heterocycles. The quantitative estimate of drug-likeness (QED) is 0.754. The predicted octanol–water partition coefficient (Wildman–Crippen LogP) is 4.28. The SMILES string of the molecule is c1ccc(C(C2CC3CCC2C3)[SiH]2CCCCO2)cc1. The Balaban J connectivity index is 1.62. The molecule has 0 aromatic heterocycles. The lowest BCUT2D eigenvalue weighted by Crippen LogP contribution is -2.37. The molecule has 0 radical (unpaired) electrons. The molecule has 5 atom stereocenters. The molecule has 1 nitrogen and oxygen atoms in total. The summed E-state index contributed by atoms with van der Waals surface area (Å²) in [6.45, 7) is 1.04. The van der Waals surface area contributed by atoms with Crippen molar-refractivity contribution in [3.63, 3.8) is 0 Å². The van der Waals surface area contributed by atoms with Gasteiger partial charge in [0.05, 0.1) is 0 Å². The highest BCUT2D eigenvalue weighted by molar-refractivity contribution is 6.54. The zero-order chi connectivity index (χ0) is 13.4. The van der Waals surface area contributed by atoms with Crippen molar-refractivity contribution in [2.75, 3.05) is 6.61 Å². The molecular weight excluding hydrogens is 260 g/mol. The van der Waals surface area contributed by atoms with Crippen LogP contribution in [0.3, 0.4) is 0 Å². The summed E-state index contributed by atoms with van der Waals surface area (Å²) in [6, 6.07) is 12.8. The van der Waals surface area contributed by atoms with Gasteiger partial charge in [-0.15, -0.1) is 0 Å². The van der Waals surface area contributed by atoms with Crippen LogP contribution >= 0.6 is 0 Å². The zero-order valence-electron chi connectivity index (χ0n) is 12.3. The maximum atomic E-state index is 6.35. The molecule has 1 aliphatic heterocycles. The summed E-state index contributed by atoms with van der Waals surface area (Å²) < 4.78 is 6.35. The van der Waals surface area contributed by atoms with Gasteiger partial charge in [0.15, 0.2) is 9.04 Å². The van der Waals surface area contributed by atoms with Gasteiger partial charge in [0.25, 0.3) is 0 Å². The van der Waals surface area contributed by atoms with Crippen LogP contribution in [-0.2, 0) is 4.43 Å². The molecule has 0 amide bonds. The molecule has 1 aromatic carbocycles. The van der Waals surface area contributed by atoms with E-state index in [9.17, 15) is 0 Å². The first-order valence-corrected chi connectivity index (χ1v) is 10.5. The molecule has 1 saturated heterocycles. The fourth-order valence-corrected chi connectivity index (χ4v) is 8.76. The molecule has 3 aliphatic rings. The van der Waals surface area contributed by atoms with Gasteiger partial charge < -0.3 is 4.43 Å². The summed E-state index contributed by atoms with van der Waals surface area (Å²) in [5.41, 5.74) is 2.40. The Kier molecular flexibility index (Phi) is 3.70. The van der Waals surface area contributed by atoms with E-state index in [0.717, 1.165) is 29.9 Å². The van der Waals surface area contributed by atoms with Crippen molar-refractivity contribution in [1.29, 1.82) is 0 Å². The van der Waals surface area contributed by atoms with E-state index in [1.807, 2.05) is 0 Å². The molecule has 1 aromatic rings. The van der Waals surface area contributed by atoms with E-state index in [4.69, 9.17) is 4.43 Å². The Morgan fingerprint density at radius 3 is 2.60 bits per heavy atom. The van der Waals surface area contributed by atoms with Crippen molar-refractivity contribution < 1.29 is 4.43 Å². The van der Waals surface area contributed by atoms with Gasteiger partial charge in [0.2, 0.25) is 0 Å². The molecular formula is C18H26OSi. The van der Waals surface area contributed by atoms with Crippen LogP contribution in [0.4, 0.5) is 0 Å². The van der Waals surface area contributed by atoms with Crippen molar-refractivity contribution in [2.24, 2.45) is 17.8 Å². The second-order valence-electron chi connectivity index (χ2n) is 7.18. The standard InChI is InChI=1S/C18H26OSi/c1-2-6-15(7-3-1)18(20-11-5-4-10-19-20)17-13-14-8-9-16(17)12-14/h1-3,6-7,14,16-18,20H,4-5,8-13H2.